The van der Waals surface area contributed by atoms with Gasteiger partial charge in [-0.25, -0.2) is 9.78 Å². The van der Waals surface area contributed by atoms with Crippen LogP contribution >= 0.6 is 0 Å². The van der Waals surface area contributed by atoms with Crippen LogP contribution in [0.4, 0.5) is 35.4 Å². The zero-order valence-electron chi connectivity index (χ0n) is 21.0. The molecule has 37 heavy (non-hydrogen) atoms. The largest absolute Gasteiger partial charge is 0.444 e. The summed E-state index contributed by atoms with van der Waals surface area (Å²) >= 11 is 0. The predicted molar refractivity (Wildman–Crippen MR) is 129 cm³/mol. The second-order valence-electron chi connectivity index (χ2n) is 10.7. The first-order valence-corrected chi connectivity index (χ1v) is 12.2. The van der Waals surface area contributed by atoms with Gasteiger partial charge in [-0.3, -0.25) is 4.79 Å². The van der Waals surface area contributed by atoms with Crippen LogP contribution < -0.4 is 10.6 Å². The molecule has 9 nitrogen and oxygen atoms in total. The summed E-state index contributed by atoms with van der Waals surface area (Å²) in [4.78, 5) is 35.6. The summed E-state index contributed by atoms with van der Waals surface area (Å²) < 4.78 is 46.2. The standard InChI is InChI=1S/C25H29F3N6O3/c1-13(35)34-19-7-8-20(34)17-9-14(5-6-16(17)19)31-22-29-10-18(25(26,27)28)21(32-22)30-15-11-33(12-15)23(36)37-24(2,3)4/h5-6,9-10,15,19-20H,7-8,11-12H2,1-4H3,(H2,29,30,31,32). The van der Waals surface area contributed by atoms with Gasteiger partial charge < -0.3 is 25.2 Å². The zero-order valence-corrected chi connectivity index (χ0v) is 21.0. The van der Waals surface area contributed by atoms with E-state index in [4.69, 9.17) is 4.74 Å². The molecule has 12 heteroatoms. The van der Waals surface area contributed by atoms with Crippen molar-refractivity contribution in [1.82, 2.24) is 19.8 Å². The minimum Gasteiger partial charge on any atom is -0.444 e. The van der Waals surface area contributed by atoms with Gasteiger partial charge in [0.2, 0.25) is 11.9 Å². The van der Waals surface area contributed by atoms with Crippen molar-refractivity contribution >= 4 is 29.5 Å². The van der Waals surface area contributed by atoms with Gasteiger partial charge in [0.1, 0.15) is 17.0 Å². The Morgan fingerprint density at radius 2 is 1.76 bits per heavy atom. The van der Waals surface area contributed by atoms with Gasteiger partial charge in [0, 0.05) is 31.9 Å². The van der Waals surface area contributed by atoms with Crippen LogP contribution in [0.1, 0.15) is 69.3 Å². The summed E-state index contributed by atoms with van der Waals surface area (Å²) in [6.45, 7) is 7.19. The number of likely N-dealkylation sites (tertiary alicyclic amines) is 1. The number of benzene rings is 1. The lowest BCUT2D eigenvalue weighted by Crippen LogP contribution is -2.58. The molecule has 4 heterocycles. The van der Waals surface area contributed by atoms with Crippen LogP contribution in [0.5, 0.6) is 0 Å². The molecule has 5 rings (SSSR count). The number of aromatic nitrogens is 2. The Morgan fingerprint density at radius 1 is 1.08 bits per heavy atom. The van der Waals surface area contributed by atoms with E-state index in [0.717, 1.165) is 30.2 Å². The number of alkyl halides is 3. The number of carbonyl (C=O) groups excluding carboxylic acids is 2. The van der Waals surface area contributed by atoms with Gasteiger partial charge in [0.05, 0.1) is 18.1 Å². The average molecular weight is 519 g/mol. The lowest BCUT2D eigenvalue weighted by atomic mass is 9.91. The molecule has 2 aromatic rings. The molecule has 0 radical (unpaired) electrons. The first-order valence-electron chi connectivity index (χ1n) is 12.2. The van der Waals surface area contributed by atoms with E-state index in [-0.39, 0.29) is 42.8 Å². The van der Waals surface area contributed by atoms with Gasteiger partial charge in [-0.15, -0.1) is 0 Å². The van der Waals surface area contributed by atoms with Gasteiger partial charge in [0.15, 0.2) is 0 Å². The maximum atomic E-state index is 13.7. The van der Waals surface area contributed by atoms with E-state index in [1.165, 1.54) is 4.90 Å². The SMILES string of the molecule is CC(=O)N1C2CCC1c1cc(Nc3ncc(C(F)(F)F)c(NC4CN(C(=O)OC(C)(C)C)C4)n3)ccc12. The number of hydrogen-bond donors (Lipinski definition) is 2. The van der Waals surface area contributed by atoms with E-state index in [2.05, 4.69) is 20.6 Å². The summed E-state index contributed by atoms with van der Waals surface area (Å²) in [5.74, 6) is -0.326. The summed E-state index contributed by atoms with van der Waals surface area (Å²) in [5, 5.41) is 5.81. The highest BCUT2D eigenvalue weighted by molar-refractivity contribution is 5.77. The van der Waals surface area contributed by atoms with E-state index < -0.39 is 29.5 Å². The maximum Gasteiger partial charge on any atom is 0.421 e. The van der Waals surface area contributed by atoms with Crippen molar-refractivity contribution < 1.29 is 27.5 Å². The molecular formula is C25H29F3N6O3. The van der Waals surface area contributed by atoms with Crippen LogP contribution in [0, 0.1) is 0 Å². The predicted octanol–water partition coefficient (Wildman–Crippen LogP) is 5.01. The van der Waals surface area contributed by atoms with Gasteiger partial charge in [0.25, 0.3) is 0 Å². The van der Waals surface area contributed by atoms with E-state index >= 15 is 0 Å². The highest BCUT2D eigenvalue weighted by Gasteiger charge is 2.45. The Hall–Kier alpha value is -3.57. The fourth-order valence-corrected chi connectivity index (χ4v) is 5.23. The van der Waals surface area contributed by atoms with E-state index in [1.54, 1.807) is 27.7 Å². The van der Waals surface area contributed by atoms with Gasteiger partial charge >= 0.3 is 12.3 Å². The van der Waals surface area contributed by atoms with Crippen LogP contribution in [-0.4, -0.2) is 56.5 Å². The number of fused-ring (bicyclic) bond motifs is 5. The van der Waals surface area contributed by atoms with Crippen LogP contribution in [0.3, 0.4) is 0 Å². The first kappa shape index (κ1) is 25.1. The van der Waals surface area contributed by atoms with Crippen LogP contribution in [0.2, 0.25) is 0 Å². The molecule has 2 unspecified atom stereocenters. The first-order chi connectivity index (χ1) is 17.3. The van der Waals surface area contributed by atoms with Gasteiger partial charge in [-0.1, -0.05) is 6.07 Å². The molecule has 2 amide bonds. The minimum atomic E-state index is -4.65. The smallest absolute Gasteiger partial charge is 0.421 e. The second-order valence-corrected chi connectivity index (χ2v) is 10.7. The number of anilines is 3. The molecule has 198 valence electrons. The molecule has 0 spiro atoms. The van der Waals surface area contributed by atoms with E-state index in [1.807, 2.05) is 23.1 Å². The fraction of sp³-hybridized carbons (Fsp3) is 0.520. The molecule has 3 aliphatic heterocycles. The van der Waals surface area contributed by atoms with E-state index in [9.17, 15) is 22.8 Å². The fourth-order valence-electron chi connectivity index (χ4n) is 5.23. The number of rotatable bonds is 4. The van der Waals surface area contributed by atoms with Crippen molar-refractivity contribution in [1.29, 1.82) is 0 Å². The third-order valence-electron chi connectivity index (χ3n) is 6.78. The van der Waals surface area contributed by atoms with Crippen LogP contribution in [0.25, 0.3) is 0 Å². The lowest BCUT2D eigenvalue weighted by Gasteiger charge is -2.40. The summed E-state index contributed by atoms with van der Waals surface area (Å²) in [6.07, 6.45) is -2.62. The molecule has 2 fully saturated rings. The quantitative estimate of drug-likeness (QED) is 0.587. The molecule has 2 saturated heterocycles. The summed E-state index contributed by atoms with van der Waals surface area (Å²) in [6, 6.07) is 5.35. The van der Waals surface area contributed by atoms with Gasteiger partial charge in [-0.05, 0) is 56.9 Å². The second kappa shape index (κ2) is 8.77. The third kappa shape index (κ3) is 4.88. The Kier molecular flexibility index (Phi) is 5.95. The number of ether oxygens (including phenoxy) is 1. The van der Waals surface area contributed by atoms with Crippen molar-refractivity contribution in [2.24, 2.45) is 0 Å². The highest BCUT2D eigenvalue weighted by Crippen LogP contribution is 2.53. The molecule has 2 N–H and O–H groups in total. The number of amides is 2. The van der Waals surface area contributed by atoms with Crippen molar-refractivity contribution in [3.63, 3.8) is 0 Å². The normalized spacial score (nSPS) is 20.9. The number of hydrogen-bond acceptors (Lipinski definition) is 7. The number of carbonyl (C=O) groups is 2. The van der Waals surface area contributed by atoms with Crippen molar-refractivity contribution in [2.75, 3.05) is 23.7 Å². The summed E-state index contributed by atoms with van der Waals surface area (Å²) in [7, 11) is 0. The molecule has 0 saturated carbocycles. The molecule has 2 atom stereocenters. The minimum absolute atomic E-state index is 0.00496. The number of nitrogens with one attached hydrogen (secondary N) is 2. The molecular weight excluding hydrogens is 489 g/mol. The highest BCUT2D eigenvalue weighted by atomic mass is 19.4. The molecule has 1 aromatic heterocycles. The topological polar surface area (TPSA) is 99.7 Å². The Labute approximate surface area is 212 Å². The van der Waals surface area contributed by atoms with Crippen molar-refractivity contribution in [3.8, 4) is 0 Å². The molecule has 2 bridgehead atoms. The molecule has 0 aliphatic carbocycles. The summed E-state index contributed by atoms with van der Waals surface area (Å²) in [5.41, 5.74) is 1.12. The van der Waals surface area contributed by atoms with Crippen LogP contribution in [-0.2, 0) is 15.7 Å². The van der Waals surface area contributed by atoms with Crippen molar-refractivity contribution in [3.05, 3.63) is 41.1 Å². The van der Waals surface area contributed by atoms with Gasteiger partial charge in [-0.2, -0.15) is 18.2 Å². The lowest BCUT2D eigenvalue weighted by molar-refractivity contribution is -0.137. The number of nitrogens with zero attached hydrogens (tertiary/aromatic N) is 4. The van der Waals surface area contributed by atoms with Crippen molar-refractivity contribution in [2.45, 2.75) is 70.4 Å². The molecule has 1 aromatic carbocycles. The number of halogens is 3. The monoisotopic (exact) mass is 518 g/mol. The molecule has 3 aliphatic rings. The van der Waals surface area contributed by atoms with Crippen LogP contribution in [0.15, 0.2) is 24.4 Å². The Morgan fingerprint density at radius 3 is 2.38 bits per heavy atom. The van der Waals surface area contributed by atoms with E-state index in [0.29, 0.717) is 5.69 Å². The Bertz CT molecular complexity index is 1240. The zero-order chi connectivity index (χ0) is 26.7. The Balaban J connectivity index is 1.31. The average Bonchev–Trinajstić information content (AvgIpc) is 3.31. The third-order valence-corrected chi connectivity index (χ3v) is 6.78. The maximum absolute atomic E-state index is 13.7.